The van der Waals surface area contributed by atoms with E-state index < -0.39 is 11.7 Å². The first-order chi connectivity index (χ1) is 14.8. The lowest BCUT2D eigenvalue weighted by molar-refractivity contribution is -0.137. The summed E-state index contributed by atoms with van der Waals surface area (Å²) in [5.74, 6) is 0.210. The van der Waals surface area contributed by atoms with Crippen LogP contribution in [0.2, 0.25) is 0 Å². The van der Waals surface area contributed by atoms with Crippen LogP contribution in [0.1, 0.15) is 12.0 Å². The van der Waals surface area contributed by atoms with E-state index in [4.69, 9.17) is 0 Å². The van der Waals surface area contributed by atoms with Crippen molar-refractivity contribution in [3.63, 3.8) is 0 Å². The maximum absolute atomic E-state index is 12.8. The first-order valence-corrected chi connectivity index (χ1v) is 9.84. The number of anilines is 1. The molecule has 0 atom stereocenters. The topological polar surface area (TPSA) is 71.3 Å². The van der Waals surface area contributed by atoms with Crippen LogP contribution in [-0.2, 0) is 17.5 Å². The van der Waals surface area contributed by atoms with E-state index in [9.17, 15) is 22.8 Å². The zero-order valence-electron chi connectivity index (χ0n) is 16.5. The minimum Gasteiger partial charge on any atom is -0.355 e. The Morgan fingerprint density at radius 1 is 1.00 bits per heavy atom. The molecule has 0 spiro atoms. The molecule has 162 valence electrons. The predicted octanol–water partition coefficient (Wildman–Crippen LogP) is 2.55. The van der Waals surface area contributed by atoms with E-state index in [0.717, 1.165) is 16.9 Å². The lowest BCUT2D eigenvalue weighted by Crippen LogP contribution is -2.39. The summed E-state index contributed by atoms with van der Waals surface area (Å²) in [6.45, 7) is 1.70. The summed E-state index contributed by atoms with van der Waals surface area (Å²) >= 11 is 0. The fraction of sp³-hybridized carbons (Fsp3) is 0.333. The van der Waals surface area contributed by atoms with Crippen LogP contribution in [0, 0.1) is 0 Å². The molecule has 0 N–H and O–H groups in total. The Bertz CT molecular complexity index is 1140. The Morgan fingerprint density at radius 3 is 2.55 bits per heavy atom. The first-order valence-electron chi connectivity index (χ1n) is 9.84. The molecule has 3 heterocycles. The quantitative estimate of drug-likeness (QED) is 0.638. The van der Waals surface area contributed by atoms with Crippen LogP contribution in [0.5, 0.6) is 0 Å². The number of hydrogen-bond donors (Lipinski definition) is 0. The zero-order valence-corrected chi connectivity index (χ0v) is 16.5. The fourth-order valence-corrected chi connectivity index (χ4v) is 3.61. The van der Waals surface area contributed by atoms with Crippen molar-refractivity contribution >= 4 is 22.5 Å². The minimum atomic E-state index is -4.43. The lowest BCUT2D eigenvalue weighted by atomic mass is 10.2. The molecule has 1 amide bonds. The van der Waals surface area contributed by atoms with Gasteiger partial charge in [0.05, 0.1) is 17.1 Å². The third-order valence-corrected chi connectivity index (χ3v) is 5.29. The van der Waals surface area contributed by atoms with Crippen LogP contribution in [0.3, 0.4) is 0 Å². The van der Waals surface area contributed by atoms with Crippen LogP contribution in [-0.4, -0.2) is 51.8 Å². The molecule has 1 fully saturated rings. The van der Waals surface area contributed by atoms with E-state index >= 15 is 0 Å². The number of halogens is 3. The minimum absolute atomic E-state index is 0.164. The van der Waals surface area contributed by atoms with Gasteiger partial charge >= 0.3 is 6.18 Å². The summed E-state index contributed by atoms with van der Waals surface area (Å²) < 4.78 is 39.4. The van der Waals surface area contributed by atoms with Crippen molar-refractivity contribution in [2.75, 3.05) is 31.1 Å². The Morgan fingerprint density at radius 2 is 1.81 bits per heavy atom. The first kappa shape index (κ1) is 20.8. The van der Waals surface area contributed by atoms with Gasteiger partial charge in [0.25, 0.3) is 5.56 Å². The second kappa shape index (κ2) is 8.37. The average Bonchev–Trinajstić information content (AvgIpc) is 3.02. The molecule has 0 radical (unpaired) electrons. The molecule has 7 nitrogen and oxygen atoms in total. The van der Waals surface area contributed by atoms with Crippen LogP contribution in [0.25, 0.3) is 10.8 Å². The van der Waals surface area contributed by atoms with E-state index in [1.165, 1.54) is 6.07 Å². The molecule has 0 saturated carbocycles. The number of nitrogens with zero attached hydrogens (tertiary/aromatic N) is 5. The number of amides is 1. The number of hydrogen-bond acceptors (Lipinski definition) is 5. The van der Waals surface area contributed by atoms with Crippen molar-refractivity contribution in [3.05, 3.63) is 64.7 Å². The number of carbonyl (C=O) groups excluding carboxylic acids is 1. The molecule has 10 heteroatoms. The summed E-state index contributed by atoms with van der Waals surface area (Å²) in [6, 6.07) is 9.41. The summed E-state index contributed by atoms with van der Waals surface area (Å²) in [4.78, 5) is 32.8. The maximum Gasteiger partial charge on any atom is 0.417 e. The van der Waals surface area contributed by atoms with Gasteiger partial charge in [0.2, 0.25) is 5.91 Å². The second-order valence-corrected chi connectivity index (χ2v) is 7.32. The van der Waals surface area contributed by atoms with Crippen LogP contribution >= 0.6 is 0 Å². The van der Waals surface area contributed by atoms with Crippen LogP contribution < -0.4 is 10.5 Å². The van der Waals surface area contributed by atoms with Gasteiger partial charge in [-0.25, -0.2) is 9.67 Å². The monoisotopic (exact) mass is 431 g/mol. The predicted molar refractivity (Wildman–Crippen MR) is 109 cm³/mol. The third kappa shape index (κ3) is 4.52. The van der Waals surface area contributed by atoms with Crippen molar-refractivity contribution < 1.29 is 18.0 Å². The molecule has 1 aliphatic heterocycles. The Labute approximate surface area is 175 Å². The number of pyridine rings is 1. The highest BCUT2D eigenvalue weighted by Gasteiger charge is 2.31. The molecule has 0 unspecified atom stereocenters. The van der Waals surface area contributed by atoms with Crippen molar-refractivity contribution in [1.82, 2.24) is 19.7 Å². The molecular formula is C21H20F3N5O2. The number of fused-ring (bicyclic) bond motifs is 1. The lowest BCUT2D eigenvalue weighted by Gasteiger charge is -2.23. The van der Waals surface area contributed by atoms with Gasteiger partial charge < -0.3 is 9.80 Å². The molecule has 3 aromatic rings. The maximum atomic E-state index is 12.8. The van der Waals surface area contributed by atoms with Crippen molar-refractivity contribution in [2.45, 2.75) is 19.1 Å². The van der Waals surface area contributed by atoms with Gasteiger partial charge in [0.15, 0.2) is 0 Å². The highest BCUT2D eigenvalue weighted by atomic mass is 19.4. The Kier molecular flexibility index (Phi) is 5.62. The summed E-state index contributed by atoms with van der Waals surface area (Å²) in [5.41, 5.74) is -1.12. The molecule has 1 aliphatic rings. The summed E-state index contributed by atoms with van der Waals surface area (Å²) in [7, 11) is 0. The molecule has 0 aliphatic carbocycles. The third-order valence-electron chi connectivity index (χ3n) is 5.29. The highest BCUT2D eigenvalue weighted by molar-refractivity contribution is 5.81. The van der Waals surface area contributed by atoms with Crippen LogP contribution in [0.4, 0.5) is 19.0 Å². The van der Waals surface area contributed by atoms with Gasteiger partial charge in [-0.1, -0.05) is 18.2 Å². The number of aromatic nitrogens is 3. The second-order valence-electron chi connectivity index (χ2n) is 7.32. The van der Waals surface area contributed by atoms with Gasteiger partial charge in [-0.3, -0.25) is 9.59 Å². The van der Waals surface area contributed by atoms with Gasteiger partial charge in [0, 0.05) is 37.8 Å². The smallest absolute Gasteiger partial charge is 0.355 e. The van der Waals surface area contributed by atoms with Crippen molar-refractivity contribution in [1.29, 1.82) is 0 Å². The normalized spacial score (nSPS) is 15.2. The molecule has 4 rings (SSSR count). The molecule has 31 heavy (non-hydrogen) atoms. The average molecular weight is 431 g/mol. The summed E-state index contributed by atoms with van der Waals surface area (Å²) in [5, 5.41) is 5.31. The van der Waals surface area contributed by atoms with Crippen molar-refractivity contribution in [3.8, 4) is 0 Å². The molecular weight excluding hydrogens is 411 g/mol. The zero-order chi connectivity index (χ0) is 22.0. The Balaban J connectivity index is 1.42. The largest absolute Gasteiger partial charge is 0.417 e. The van der Waals surface area contributed by atoms with Gasteiger partial charge in [0.1, 0.15) is 12.4 Å². The van der Waals surface area contributed by atoms with E-state index in [-0.39, 0.29) is 18.0 Å². The number of rotatable bonds is 3. The van der Waals surface area contributed by atoms with Gasteiger partial charge in [-0.15, -0.1) is 0 Å². The number of carbonyl (C=O) groups is 1. The summed E-state index contributed by atoms with van der Waals surface area (Å²) in [6.07, 6.45) is -1.41. The van der Waals surface area contributed by atoms with Gasteiger partial charge in [-0.2, -0.15) is 18.3 Å². The van der Waals surface area contributed by atoms with Gasteiger partial charge in [-0.05, 0) is 24.6 Å². The van der Waals surface area contributed by atoms with E-state index in [1.807, 2.05) is 11.0 Å². The standard InChI is InChI=1S/C21H20F3N5O2/c22-21(23,24)16-6-7-18(25-13-16)27-8-3-9-28(11-10-27)19(30)14-29-20(31)17-5-2-1-4-15(17)12-26-29/h1-2,4-7,12-13H,3,8-11,14H2. The Hall–Kier alpha value is -3.43. The van der Waals surface area contributed by atoms with E-state index in [2.05, 4.69) is 10.1 Å². The number of benzene rings is 1. The SMILES string of the molecule is O=C(Cn1ncc2ccccc2c1=O)N1CCCN(c2ccc(C(F)(F)F)cn2)CC1. The fourth-order valence-electron chi connectivity index (χ4n) is 3.61. The number of alkyl halides is 3. The van der Waals surface area contributed by atoms with Crippen LogP contribution in [0.15, 0.2) is 53.6 Å². The molecule has 2 aromatic heterocycles. The molecule has 1 aromatic carbocycles. The molecule has 0 bridgehead atoms. The van der Waals surface area contributed by atoms with E-state index in [0.29, 0.717) is 49.2 Å². The van der Waals surface area contributed by atoms with Crippen molar-refractivity contribution in [2.24, 2.45) is 0 Å². The van der Waals surface area contributed by atoms with E-state index in [1.54, 1.807) is 29.3 Å². The highest BCUT2D eigenvalue weighted by Crippen LogP contribution is 2.29. The molecule has 1 saturated heterocycles.